The van der Waals surface area contributed by atoms with Crippen molar-refractivity contribution in [2.45, 2.75) is 6.04 Å². The number of pyridine rings is 1. The van der Waals surface area contributed by atoms with E-state index in [1.807, 2.05) is 0 Å². The van der Waals surface area contributed by atoms with Crippen molar-refractivity contribution >= 4 is 15.4 Å². The fourth-order valence-corrected chi connectivity index (χ4v) is 1.25. The molecule has 70 valence electrons. The van der Waals surface area contributed by atoms with Crippen molar-refractivity contribution in [3.8, 4) is 0 Å². The molecule has 0 aliphatic rings. The molecule has 0 saturated heterocycles. The predicted octanol–water partition coefficient (Wildman–Crippen LogP) is -0.0807. The molecule has 13 heavy (non-hydrogen) atoms. The Hall–Kier alpha value is -1.03. The van der Waals surface area contributed by atoms with Gasteiger partial charge in [-0.1, -0.05) is 9.39 Å². The van der Waals surface area contributed by atoms with E-state index in [0.717, 1.165) is 5.56 Å². The quantitative estimate of drug-likeness (QED) is 0.526. The van der Waals surface area contributed by atoms with Crippen molar-refractivity contribution in [1.29, 1.82) is 0 Å². The summed E-state index contributed by atoms with van der Waals surface area (Å²) < 4.78 is 0. The van der Waals surface area contributed by atoms with Crippen LogP contribution in [-0.4, -0.2) is 11.0 Å². The summed E-state index contributed by atoms with van der Waals surface area (Å²) in [6, 6.07) is 2.84. The maximum Gasteiger partial charge on any atom is 0.346 e. The van der Waals surface area contributed by atoms with Crippen molar-refractivity contribution in [2.24, 2.45) is 5.90 Å². The minimum Gasteiger partial charge on any atom is -0.372 e. The van der Waals surface area contributed by atoms with Crippen LogP contribution in [0, 0.1) is 0 Å². The molecule has 5 nitrogen and oxygen atoms in total. The lowest BCUT2D eigenvalue weighted by molar-refractivity contribution is -0.146. The Kier molecular flexibility index (Phi) is 3.76. The number of rotatable bonds is 3. The summed E-state index contributed by atoms with van der Waals surface area (Å²) in [6.07, 6.45) is 3.18. The second-order valence-corrected chi connectivity index (χ2v) is 2.65. The van der Waals surface area contributed by atoms with Gasteiger partial charge in [0, 0.05) is 12.4 Å². The van der Waals surface area contributed by atoms with Gasteiger partial charge < -0.3 is 4.84 Å². The smallest absolute Gasteiger partial charge is 0.346 e. The summed E-state index contributed by atoms with van der Waals surface area (Å²) in [5.41, 5.74) is 0.750. The van der Waals surface area contributed by atoms with Crippen molar-refractivity contribution in [1.82, 2.24) is 10.1 Å². The largest absolute Gasteiger partial charge is 0.372 e. The zero-order chi connectivity index (χ0) is 9.68. The Labute approximate surface area is 77.9 Å². The van der Waals surface area contributed by atoms with Gasteiger partial charge in [0.15, 0.2) is 0 Å². The van der Waals surface area contributed by atoms with Crippen molar-refractivity contribution in [3.05, 3.63) is 30.1 Å². The summed E-state index contributed by atoms with van der Waals surface area (Å²) in [4.78, 5) is 19.1. The normalized spacial score (nSPS) is 12.2. The number of hydrogen-bond donors (Lipinski definition) is 2. The van der Waals surface area contributed by atoms with Gasteiger partial charge in [0.05, 0.1) is 0 Å². The van der Waals surface area contributed by atoms with Crippen molar-refractivity contribution < 1.29 is 9.63 Å². The Balaban J connectivity index is 2.85. The molecule has 1 aromatic heterocycles. The van der Waals surface area contributed by atoms with Crippen molar-refractivity contribution in [3.63, 3.8) is 0 Å². The first-order valence-corrected chi connectivity index (χ1v) is 4.14. The molecule has 0 aliphatic heterocycles. The molecule has 0 radical (unpaired) electrons. The van der Waals surface area contributed by atoms with E-state index in [2.05, 4.69) is 24.3 Å². The molecule has 1 aromatic rings. The van der Waals surface area contributed by atoms with E-state index in [4.69, 9.17) is 5.90 Å². The molecule has 0 aliphatic carbocycles. The van der Waals surface area contributed by atoms with Crippen LogP contribution in [0.25, 0.3) is 0 Å². The van der Waals surface area contributed by atoms with E-state index < -0.39 is 12.0 Å². The fourth-order valence-electron chi connectivity index (χ4n) is 0.924. The van der Waals surface area contributed by atoms with Crippen LogP contribution in [0.1, 0.15) is 11.6 Å². The first-order valence-electron chi connectivity index (χ1n) is 3.56. The van der Waals surface area contributed by atoms with E-state index >= 15 is 0 Å². The number of aromatic nitrogens is 1. The zero-order valence-corrected chi connectivity index (χ0v) is 7.96. The molecule has 6 heteroatoms. The molecule has 2 atom stereocenters. The Morgan fingerprint density at radius 1 is 1.62 bits per heavy atom. The summed E-state index contributed by atoms with van der Waals surface area (Å²) in [6.45, 7) is 0. The molecule has 0 saturated carbocycles. The second-order valence-electron chi connectivity index (χ2n) is 2.32. The first kappa shape index (κ1) is 10.1. The minimum absolute atomic E-state index is 0.541. The van der Waals surface area contributed by atoms with E-state index in [1.54, 1.807) is 24.5 Å². The van der Waals surface area contributed by atoms with Crippen LogP contribution in [0.2, 0.25) is 0 Å². The van der Waals surface area contributed by atoms with Crippen molar-refractivity contribution in [2.75, 3.05) is 0 Å². The predicted molar refractivity (Wildman–Crippen MR) is 50.1 cm³/mol. The molecule has 1 rings (SSSR count). The molecular weight excluding hydrogens is 189 g/mol. The minimum atomic E-state index is -0.571. The van der Waals surface area contributed by atoms with Gasteiger partial charge >= 0.3 is 5.97 Å². The van der Waals surface area contributed by atoms with E-state index in [0.29, 0.717) is 0 Å². The van der Waals surface area contributed by atoms with Crippen LogP contribution in [-0.2, 0) is 9.63 Å². The Morgan fingerprint density at radius 3 is 2.69 bits per heavy atom. The van der Waals surface area contributed by atoms with Gasteiger partial charge in [-0.15, -0.1) is 0 Å². The van der Waals surface area contributed by atoms with Crippen LogP contribution in [0.5, 0.6) is 0 Å². The molecule has 2 unspecified atom stereocenters. The van der Waals surface area contributed by atoms with Crippen LogP contribution >= 0.6 is 9.39 Å². The summed E-state index contributed by atoms with van der Waals surface area (Å²) in [5.74, 6) is 4.23. The van der Waals surface area contributed by atoms with Gasteiger partial charge in [-0.2, -0.15) is 5.90 Å². The molecule has 0 bridgehead atoms. The van der Waals surface area contributed by atoms with Crippen LogP contribution < -0.4 is 11.0 Å². The van der Waals surface area contributed by atoms with Gasteiger partial charge in [0.1, 0.15) is 6.04 Å². The van der Waals surface area contributed by atoms with Crippen LogP contribution in [0.3, 0.4) is 0 Å². The van der Waals surface area contributed by atoms with Crippen LogP contribution in [0.15, 0.2) is 24.5 Å². The van der Waals surface area contributed by atoms with Gasteiger partial charge in [0.2, 0.25) is 0 Å². The highest BCUT2D eigenvalue weighted by Crippen LogP contribution is 2.13. The highest BCUT2D eigenvalue weighted by Gasteiger charge is 2.19. The number of nitrogens with two attached hydrogens (primary N) is 1. The molecule has 3 N–H and O–H groups in total. The van der Waals surface area contributed by atoms with Gasteiger partial charge in [-0.3, -0.25) is 10.1 Å². The number of carbonyl (C=O) groups is 1. The van der Waals surface area contributed by atoms with Crippen LogP contribution in [0.4, 0.5) is 0 Å². The van der Waals surface area contributed by atoms with Gasteiger partial charge in [-0.05, 0) is 17.7 Å². The summed E-state index contributed by atoms with van der Waals surface area (Å²) >= 11 is 0. The third kappa shape index (κ3) is 2.45. The fraction of sp³-hybridized carbons (Fsp3) is 0.143. The number of carbonyl (C=O) groups excluding carboxylic acids is 1. The molecular formula is C7H10N3O2P. The first-order chi connectivity index (χ1) is 6.29. The third-order valence-electron chi connectivity index (χ3n) is 1.56. The maximum atomic E-state index is 11.1. The average Bonchev–Trinajstić information content (AvgIpc) is 2.20. The monoisotopic (exact) mass is 199 g/mol. The molecule has 1 heterocycles. The Morgan fingerprint density at radius 2 is 2.23 bits per heavy atom. The second kappa shape index (κ2) is 4.87. The SMILES string of the molecule is NOC(=O)C(NP)c1ccncc1. The highest BCUT2D eigenvalue weighted by atomic mass is 31.0. The Bertz CT molecular complexity index is 280. The highest BCUT2D eigenvalue weighted by molar-refractivity contribution is 7.13. The van der Waals surface area contributed by atoms with E-state index in [-0.39, 0.29) is 0 Å². The molecule has 0 fully saturated rings. The summed E-state index contributed by atoms with van der Waals surface area (Å²) in [7, 11) is 2.24. The summed E-state index contributed by atoms with van der Waals surface area (Å²) in [5, 5.41) is 2.70. The molecule has 0 spiro atoms. The number of nitrogens with one attached hydrogen (secondary N) is 1. The lowest BCUT2D eigenvalue weighted by Crippen LogP contribution is -2.26. The van der Waals surface area contributed by atoms with E-state index in [1.165, 1.54) is 0 Å². The maximum absolute atomic E-state index is 11.1. The number of nitrogens with zero attached hydrogens (tertiary/aromatic N) is 1. The van der Waals surface area contributed by atoms with Gasteiger partial charge in [-0.25, -0.2) is 4.79 Å². The third-order valence-corrected chi connectivity index (χ3v) is 1.89. The van der Waals surface area contributed by atoms with E-state index in [9.17, 15) is 4.79 Å². The zero-order valence-electron chi connectivity index (χ0n) is 6.81. The average molecular weight is 199 g/mol. The lowest BCUT2D eigenvalue weighted by atomic mass is 10.1. The molecule has 0 amide bonds. The lowest BCUT2D eigenvalue weighted by Gasteiger charge is -2.12. The number of hydrogen-bond acceptors (Lipinski definition) is 5. The van der Waals surface area contributed by atoms with Gasteiger partial charge in [0.25, 0.3) is 0 Å². The standard InChI is InChI=1S/C7H10N3O2P/c8-12-7(11)6(10-13)5-1-3-9-4-2-5/h1-4,6,10H,8,13H2. The molecule has 0 aromatic carbocycles. The topological polar surface area (TPSA) is 77.2 Å².